The lowest BCUT2D eigenvalue weighted by Crippen LogP contribution is -2.46. The average Bonchev–Trinajstić information content (AvgIpc) is 3.30. The molecule has 7 nitrogen and oxygen atoms in total. The van der Waals surface area contributed by atoms with Crippen LogP contribution in [0.1, 0.15) is 24.4 Å². The minimum atomic E-state index is 0.0904. The molecule has 4 rings (SSSR count). The van der Waals surface area contributed by atoms with Gasteiger partial charge in [0.1, 0.15) is 11.5 Å². The van der Waals surface area contributed by atoms with E-state index < -0.39 is 0 Å². The molecule has 1 aliphatic rings. The molecule has 0 spiro atoms. The van der Waals surface area contributed by atoms with Gasteiger partial charge in [-0.2, -0.15) is 4.98 Å². The lowest BCUT2D eigenvalue weighted by Gasteiger charge is -2.37. The van der Waals surface area contributed by atoms with Crippen molar-refractivity contribution in [3.8, 4) is 22.9 Å². The molecule has 1 atom stereocenters. The molecule has 3 aromatic rings. The third kappa shape index (κ3) is 4.47. The van der Waals surface area contributed by atoms with Gasteiger partial charge in [0.05, 0.1) is 20.3 Å². The summed E-state index contributed by atoms with van der Waals surface area (Å²) >= 11 is 0. The van der Waals surface area contributed by atoms with Crippen LogP contribution in [0.4, 0.5) is 0 Å². The van der Waals surface area contributed by atoms with Gasteiger partial charge in [0, 0.05) is 49.9 Å². The van der Waals surface area contributed by atoms with E-state index >= 15 is 0 Å². The summed E-state index contributed by atoms with van der Waals surface area (Å²) in [5.41, 5.74) is 2.14. The number of hydrogen-bond acceptors (Lipinski definition) is 7. The lowest BCUT2D eigenvalue weighted by atomic mass is 10.1. The van der Waals surface area contributed by atoms with Crippen molar-refractivity contribution >= 4 is 0 Å². The molecule has 0 unspecified atom stereocenters. The van der Waals surface area contributed by atoms with Gasteiger partial charge in [-0.05, 0) is 13.0 Å². The topological polar surface area (TPSA) is 63.9 Å². The summed E-state index contributed by atoms with van der Waals surface area (Å²) in [7, 11) is 3.37. The summed E-state index contributed by atoms with van der Waals surface area (Å²) in [6.45, 7) is 6.82. The van der Waals surface area contributed by atoms with Crippen molar-refractivity contribution in [2.45, 2.75) is 19.5 Å². The predicted octanol–water partition coefficient (Wildman–Crippen LogP) is 3.63. The SMILES string of the molecule is COc1ccc(CN2CCN([C@@H](C)c3nc(-c4ccccc4)no3)CC2)c(OC)c1. The molecular formula is C23H28N4O3. The minimum Gasteiger partial charge on any atom is -0.497 e. The monoisotopic (exact) mass is 408 g/mol. The van der Waals surface area contributed by atoms with Crippen molar-refractivity contribution in [1.82, 2.24) is 19.9 Å². The van der Waals surface area contributed by atoms with Gasteiger partial charge < -0.3 is 14.0 Å². The van der Waals surface area contributed by atoms with Crippen LogP contribution >= 0.6 is 0 Å². The Morgan fingerprint density at radius 3 is 2.47 bits per heavy atom. The Hall–Kier alpha value is -2.90. The molecule has 0 radical (unpaired) electrons. The molecule has 0 amide bonds. The molecule has 1 aromatic heterocycles. The standard InChI is InChI=1S/C23H28N4O3/c1-17(23-24-22(25-30-23)18-7-5-4-6-8-18)27-13-11-26(12-14-27)16-19-9-10-20(28-2)15-21(19)29-3/h4-10,15,17H,11-14,16H2,1-3H3/t17-/m0/s1. The molecular weight excluding hydrogens is 380 g/mol. The van der Waals surface area contributed by atoms with E-state index in [0.29, 0.717) is 11.7 Å². The molecule has 0 N–H and O–H groups in total. The normalized spacial score (nSPS) is 16.4. The maximum atomic E-state index is 5.56. The molecule has 1 fully saturated rings. The third-order valence-electron chi connectivity index (χ3n) is 5.67. The van der Waals surface area contributed by atoms with Crippen LogP contribution in [0, 0.1) is 0 Å². The van der Waals surface area contributed by atoms with Gasteiger partial charge in [-0.3, -0.25) is 9.80 Å². The van der Waals surface area contributed by atoms with Crippen LogP contribution in [0.15, 0.2) is 53.1 Å². The van der Waals surface area contributed by atoms with E-state index in [4.69, 9.17) is 14.0 Å². The highest BCUT2D eigenvalue weighted by Gasteiger charge is 2.26. The fourth-order valence-corrected chi connectivity index (χ4v) is 3.80. The molecule has 0 saturated carbocycles. The number of ether oxygens (including phenoxy) is 2. The first-order valence-corrected chi connectivity index (χ1v) is 10.2. The predicted molar refractivity (Wildman–Crippen MR) is 115 cm³/mol. The summed E-state index contributed by atoms with van der Waals surface area (Å²) in [5.74, 6) is 2.98. The number of benzene rings is 2. The minimum absolute atomic E-state index is 0.0904. The molecule has 2 heterocycles. The Kier molecular flexibility index (Phi) is 6.30. The third-order valence-corrected chi connectivity index (χ3v) is 5.67. The first kappa shape index (κ1) is 20.4. The van der Waals surface area contributed by atoms with Crippen molar-refractivity contribution in [1.29, 1.82) is 0 Å². The van der Waals surface area contributed by atoms with Crippen LogP contribution in [-0.4, -0.2) is 60.3 Å². The second kappa shape index (κ2) is 9.28. The number of hydrogen-bond donors (Lipinski definition) is 0. The van der Waals surface area contributed by atoms with Gasteiger partial charge >= 0.3 is 0 Å². The number of rotatable bonds is 7. The van der Waals surface area contributed by atoms with Crippen LogP contribution in [0.25, 0.3) is 11.4 Å². The van der Waals surface area contributed by atoms with Crippen LogP contribution < -0.4 is 9.47 Å². The highest BCUT2D eigenvalue weighted by atomic mass is 16.5. The Labute approximate surface area is 177 Å². The summed E-state index contributed by atoms with van der Waals surface area (Å²) in [5, 5.41) is 4.16. The van der Waals surface area contributed by atoms with Gasteiger partial charge in [-0.25, -0.2) is 0 Å². The number of piperazine rings is 1. The highest BCUT2D eigenvalue weighted by molar-refractivity contribution is 5.53. The fraction of sp³-hybridized carbons (Fsp3) is 0.391. The van der Waals surface area contributed by atoms with E-state index in [2.05, 4.69) is 32.9 Å². The van der Waals surface area contributed by atoms with Gasteiger partial charge in [0.15, 0.2) is 0 Å². The number of aromatic nitrogens is 2. The lowest BCUT2D eigenvalue weighted by molar-refractivity contribution is 0.0841. The summed E-state index contributed by atoms with van der Waals surface area (Å²) in [6, 6.07) is 16.0. The largest absolute Gasteiger partial charge is 0.497 e. The van der Waals surface area contributed by atoms with E-state index in [1.54, 1.807) is 14.2 Å². The van der Waals surface area contributed by atoms with Gasteiger partial charge in [-0.15, -0.1) is 0 Å². The van der Waals surface area contributed by atoms with Crippen molar-refractivity contribution in [2.24, 2.45) is 0 Å². The van der Waals surface area contributed by atoms with Gasteiger partial charge in [0.25, 0.3) is 0 Å². The van der Waals surface area contributed by atoms with Crippen molar-refractivity contribution in [3.05, 3.63) is 60.0 Å². The van der Waals surface area contributed by atoms with Crippen LogP contribution in [-0.2, 0) is 6.54 Å². The van der Waals surface area contributed by atoms with Gasteiger partial charge in [-0.1, -0.05) is 41.6 Å². The van der Waals surface area contributed by atoms with E-state index in [1.165, 1.54) is 5.56 Å². The van der Waals surface area contributed by atoms with Crippen molar-refractivity contribution < 1.29 is 14.0 Å². The molecule has 30 heavy (non-hydrogen) atoms. The molecule has 1 aliphatic heterocycles. The molecule has 2 aromatic carbocycles. The van der Waals surface area contributed by atoms with Crippen molar-refractivity contribution in [3.63, 3.8) is 0 Å². The molecule has 158 valence electrons. The van der Waals surface area contributed by atoms with E-state index in [1.807, 2.05) is 42.5 Å². The first-order valence-electron chi connectivity index (χ1n) is 10.2. The van der Waals surface area contributed by atoms with E-state index in [9.17, 15) is 0 Å². The quantitative estimate of drug-likeness (QED) is 0.591. The number of methoxy groups -OCH3 is 2. The van der Waals surface area contributed by atoms with E-state index in [0.717, 1.165) is 49.8 Å². The zero-order valence-corrected chi connectivity index (χ0v) is 17.7. The van der Waals surface area contributed by atoms with Crippen LogP contribution in [0.2, 0.25) is 0 Å². The van der Waals surface area contributed by atoms with Gasteiger partial charge in [0.2, 0.25) is 11.7 Å². The average molecular weight is 409 g/mol. The second-order valence-electron chi connectivity index (χ2n) is 7.49. The Bertz CT molecular complexity index is 952. The summed E-state index contributed by atoms with van der Waals surface area (Å²) < 4.78 is 16.4. The molecule has 7 heteroatoms. The zero-order valence-electron chi connectivity index (χ0n) is 17.7. The highest BCUT2D eigenvalue weighted by Crippen LogP contribution is 2.27. The molecule has 0 bridgehead atoms. The number of nitrogens with zero attached hydrogens (tertiary/aromatic N) is 4. The second-order valence-corrected chi connectivity index (χ2v) is 7.49. The van der Waals surface area contributed by atoms with Crippen LogP contribution in [0.3, 0.4) is 0 Å². The first-order chi connectivity index (χ1) is 14.7. The molecule has 0 aliphatic carbocycles. The Morgan fingerprint density at radius 2 is 1.77 bits per heavy atom. The fourth-order valence-electron chi connectivity index (χ4n) is 3.80. The summed E-state index contributed by atoms with van der Waals surface area (Å²) in [4.78, 5) is 9.45. The van der Waals surface area contributed by atoms with Crippen molar-refractivity contribution in [2.75, 3.05) is 40.4 Å². The smallest absolute Gasteiger partial charge is 0.244 e. The summed E-state index contributed by atoms with van der Waals surface area (Å²) in [6.07, 6.45) is 0. The maximum Gasteiger partial charge on any atom is 0.244 e. The Balaban J connectivity index is 1.35. The Morgan fingerprint density at radius 1 is 1.00 bits per heavy atom. The maximum absolute atomic E-state index is 5.56. The molecule has 1 saturated heterocycles. The zero-order chi connectivity index (χ0) is 20.9. The van der Waals surface area contributed by atoms with Crippen LogP contribution in [0.5, 0.6) is 11.5 Å². The van der Waals surface area contributed by atoms with E-state index in [-0.39, 0.29) is 6.04 Å².